The number of anilines is 1. The summed E-state index contributed by atoms with van der Waals surface area (Å²) in [7, 11) is 1.36. The van der Waals surface area contributed by atoms with Crippen LogP contribution in [0.15, 0.2) is 67.0 Å². The lowest BCUT2D eigenvalue weighted by Crippen LogP contribution is -2.25. The van der Waals surface area contributed by atoms with Gasteiger partial charge in [-0.2, -0.15) is 8.78 Å². The first-order chi connectivity index (χ1) is 15.5. The predicted octanol–water partition coefficient (Wildman–Crippen LogP) is 3.92. The van der Waals surface area contributed by atoms with Gasteiger partial charge in [-0.05, 0) is 54.4 Å². The molecule has 9 heteroatoms. The van der Waals surface area contributed by atoms with E-state index in [0.29, 0.717) is 28.8 Å². The van der Waals surface area contributed by atoms with E-state index in [0.717, 1.165) is 0 Å². The molecule has 0 bridgehead atoms. The Morgan fingerprint density at radius 1 is 1.00 bits per heavy atom. The van der Waals surface area contributed by atoms with Crippen LogP contribution in [0.25, 0.3) is 0 Å². The van der Waals surface area contributed by atoms with Crippen LogP contribution in [0.1, 0.15) is 26.3 Å². The van der Waals surface area contributed by atoms with E-state index >= 15 is 0 Å². The minimum absolute atomic E-state index is 0.0663. The lowest BCUT2D eigenvalue weighted by molar-refractivity contribution is -0.0512. The van der Waals surface area contributed by atoms with Gasteiger partial charge in [0, 0.05) is 30.2 Å². The molecule has 0 aliphatic heterocycles. The zero-order valence-electron chi connectivity index (χ0n) is 17.2. The van der Waals surface area contributed by atoms with Gasteiger partial charge >= 0.3 is 6.61 Å². The van der Waals surface area contributed by atoms with Gasteiger partial charge in [0.15, 0.2) is 11.5 Å². The molecular formula is C23H21F2N3O4. The Bertz CT molecular complexity index is 1080. The minimum atomic E-state index is -2.97. The second-order valence-electron chi connectivity index (χ2n) is 6.65. The molecular weight excluding hydrogens is 420 g/mol. The number of hydrogen-bond acceptors (Lipinski definition) is 5. The van der Waals surface area contributed by atoms with E-state index in [1.807, 2.05) is 0 Å². The Hall–Kier alpha value is -4.01. The Labute approximate surface area is 183 Å². The third-order valence-electron chi connectivity index (χ3n) is 4.45. The van der Waals surface area contributed by atoms with Crippen LogP contribution in [0, 0.1) is 0 Å². The summed E-state index contributed by atoms with van der Waals surface area (Å²) >= 11 is 0. The predicted molar refractivity (Wildman–Crippen MR) is 114 cm³/mol. The summed E-state index contributed by atoms with van der Waals surface area (Å²) in [6, 6.07) is 14.5. The van der Waals surface area contributed by atoms with Crippen molar-refractivity contribution < 1.29 is 27.8 Å². The quantitative estimate of drug-likeness (QED) is 0.526. The number of nitrogens with one attached hydrogen (secondary N) is 2. The van der Waals surface area contributed by atoms with E-state index in [9.17, 15) is 18.4 Å². The molecule has 2 amide bonds. The highest BCUT2D eigenvalue weighted by Crippen LogP contribution is 2.29. The summed E-state index contributed by atoms with van der Waals surface area (Å²) < 4.78 is 34.6. The molecule has 32 heavy (non-hydrogen) atoms. The largest absolute Gasteiger partial charge is 0.493 e. The fourth-order valence-electron chi connectivity index (χ4n) is 2.93. The van der Waals surface area contributed by atoms with Crippen molar-refractivity contribution in [1.29, 1.82) is 0 Å². The van der Waals surface area contributed by atoms with E-state index in [-0.39, 0.29) is 29.9 Å². The van der Waals surface area contributed by atoms with Crippen molar-refractivity contribution in [3.8, 4) is 11.5 Å². The van der Waals surface area contributed by atoms with Gasteiger partial charge in [0.2, 0.25) is 0 Å². The molecule has 0 fully saturated rings. The topological polar surface area (TPSA) is 89.6 Å². The molecule has 0 aliphatic carbocycles. The number of benzene rings is 2. The molecule has 0 saturated carbocycles. The van der Waals surface area contributed by atoms with Crippen molar-refractivity contribution >= 4 is 17.5 Å². The van der Waals surface area contributed by atoms with E-state index in [1.165, 1.54) is 25.4 Å². The highest BCUT2D eigenvalue weighted by Gasteiger charge is 2.12. The van der Waals surface area contributed by atoms with Crippen LogP contribution in [0.3, 0.4) is 0 Å². The van der Waals surface area contributed by atoms with Crippen molar-refractivity contribution in [2.45, 2.75) is 13.0 Å². The monoisotopic (exact) mass is 441 g/mol. The van der Waals surface area contributed by atoms with Gasteiger partial charge in [-0.3, -0.25) is 14.6 Å². The molecule has 3 rings (SSSR count). The SMILES string of the molecule is COc1ccc(CCNC(=O)c2cccc(NC(=O)c3cccnc3)c2)cc1OC(F)F. The molecule has 2 aromatic carbocycles. The smallest absolute Gasteiger partial charge is 0.387 e. The summed E-state index contributed by atoms with van der Waals surface area (Å²) in [5.74, 6) is -0.538. The number of alkyl halides is 2. The number of hydrogen-bond donors (Lipinski definition) is 2. The second-order valence-corrected chi connectivity index (χ2v) is 6.65. The van der Waals surface area contributed by atoms with E-state index in [2.05, 4.69) is 20.4 Å². The molecule has 2 N–H and O–H groups in total. The number of rotatable bonds is 9. The Kier molecular flexibility index (Phi) is 7.69. The number of carbonyl (C=O) groups is 2. The zero-order valence-corrected chi connectivity index (χ0v) is 17.2. The molecule has 0 saturated heterocycles. The van der Waals surface area contributed by atoms with Gasteiger partial charge in [0.1, 0.15) is 0 Å². The Balaban J connectivity index is 1.57. The summed E-state index contributed by atoms with van der Waals surface area (Å²) in [5, 5.41) is 5.49. The third kappa shape index (κ3) is 6.24. The number of aromatic nitrogens is 1. The maximum Gasteiger partial charge on any atom is 0.387 e. The molecule has 0 radical (unpaired) electrons. The lowest BCUT2D eigenvalue weighted by atomic mass is 10.1. The standard InChI is InChI=1S/C23H21F2N3O4/c1-31-19-8-7-15(12-20(19)32-23(24)25)9-11-27-21(29)16-4-2-6-18(13-16)28-22(30)17-5-3-10-26-14-17/h2-8,10,12-14,23H,9,11H2,1H3,(H,27,29)(H,28,30). The van der Waals surface area contributed by atoms with Gasteiger partial charge in [0.25, 0.3) is 11.8 Å². The molecule has 7 nitrogen and oxygen atoms in total. The van der Waals surface area contributed by atoms with Gasteiger partial charge in [-0.1, -0.05) is 12.1 Å². The Morgan fingerprint density at radius 3 is 2.53 bits per heavy atom. The van der Waals surface area contributed by atoms with Gasteiger partial charge in [-0.15, -0.1) is 0 Å². The molecule has 0 atom stereocenters. The highest BCUT2D eigenvalue weighted by molar-refractivity contribution is 6.04. The molecule has 0 unspecified atom stereocenters. The van der Waals surface area contributed by atoms with Crippen molar-refractivity contribution in [3.05, 3.63) is 83.7 Å². The lowest BCUT2D eigenvalue weighted by Gasteiger charge is -2.12. The van der Waals surface area contributed by atoms with Crippen LogP contribution < -0.4 is 20.1 Å². The number of methoxy groups -OCH3 is 1. The van der Waals surface area contributed by atoms with E-state index < -0.39 is 6.61 Å². The molecule has 1 heterocycles. The second kappa shape index (κ2) is 10.9. The fraction of sp³-hybridized carbons (Fsp3) is 0.174. The molecule has 1 aromatic heterocycles. The number of amides is 2. The van der Waals surface area contributed by atoms with Crippen LogP contribution in [0.2, 0.25) is 0 Å². The highest BCUT2D eigenvalue weighted by atomic mass is 19.3. The zero-order chi connectivity index (χ0) is 22.9. The summed E-state index contributed by atoms with van der Waals surface area (Å²) in [5.41, 5.74) is 1.93. The normalized spacial score (nSPS) is 10.5. The Morgan fingerprint density at radius 2 is 1.81 bits per heavy atom. The number of carbonyl (C=O) groups excluding carboxylic acids is 2. The van der Waals surface area contributed by atoms with Crippen molar-refractivity contribution in [2.24, 2.45) is 0 Å². The summed E-state index contributed by atoms with van der Waals surface area (Å²) in [6.07, 6.45) is 3.41. The van der Waals surface area contributed by atoms with Crippen LogP contribution in [0.4, 0.5) is 14.5 Å². The number of ether oxygens (including phenoxy) is 2. The molecule has 0 spiro atoms. The first-order valence-electron chi connectivity index (χ1n) is 9.67. The first kappa shape index (κ1) is 22.7. The van der Waals surface area contributed by atoms with Crippen molar-refractivity contribution in [2.75, 3.05) is 19.0 Å². The average molecular weight is 441 g/mol. The average Bonchev–Trinajstić information content (AvgIpc) is 2.79. The molecule has 166 valence electrons. The molecule has 3 aromatic rings. The van der Waals surface area contributed by atoms with E-state index in [4.69, 9.17) is 4.74 Å². The van der Waals surface area contributed by atoms with Crippen LogP contribution >= 0.6 is 0 Å². The van der Waals surface area contributed by atoms with E-state index in [1.54, 1.807) is 48.7 Å². The maximum absolute atomic E-state index is 12.6. The third-order valence-corrected chi connectivity index (χ3v) is 4.45. The van der Waals surface area contributed by atoms with Crippen molar-refractivity contribution in [3.63, 3.8) is 0 Å². The van der Waals surface area contributed by atoms with Crippen LogP contribution in [0.5, 0.6) is 11.5 Å². The summed E-state index contributed by atoms with van der Waals surface area (Å²) in [4.78, 5) is 28.6. The first-order valence-corrected chi connectivity index (χ1v) is 9.67. The van der Waals surface area contributed by atoms with Gasteiger partial charge < -0.3 is 20.1 Å². The number of nitrogens with zero attached hydrogens (tertiary/aromatic N) is 1. The number of halogens is 2. The van der Waals surface area contributed by atoms with Gasteiger partial charge in [-0.25, -0.2) is 0 Å². The number of pyridine rings is 1. The molecule has 0 aliphatic rings. The van der Waals surface area contributed by atoms with Crippen molar-refractivity contribution in [1.82, 2.24) is 10.3 Å². The van der Waals surface area contributed by atoms with Crippen LogP contribution in [-0.2, 0) is 6.42 Å². The van der Waals surface area contributed by atoms with Crippen LogP contribution in [-0.4, -0.2) is 37.1 Å². The summed E-state index contributed by atoms with van der Waals surface area (Å²) in [6.45, 7) is -2.70. The van der Waals surface area contributed by atoms with Gasteiger partial charge in [0.05, 0.1) is 12.7 Å². The maximum atomic E-state index is 12.6. The fourth-order valence-corrected chi connectivity index (χ4v) is 2.93. The minimum Gasteiger partial charge on any atom is -0.493 e.